The van der Waals surface area contributed by atoms with Crippen LogP contribution in [-0.2, 0) is 4.79 Å². The normalized spacial score (nSPS) is 14.8. The van der Waals surface area contributed by atoms with Gasteiger partial charge in [0.05, 0.1) is 11.5 Å². The molecule has 0 radical (unpaired) electrons. The van der Waals surface area contributed by atoms with Crippen LogP contribution in [0, 0.1) is 24.0 Å². The Morgan fingerprint density at radius 2 is 1.81 bits per heavy atom. The molecule has 1 fully saturated rings. The van der Waals surface area contributed by atoms with Crippen LogP contribution in [0.5, 0.6) is 0 Å². The molecule has 1 amide bonds. The number of amides is 1. The standard InChI is InChI=1S/C20H24N4O3/c1-15-7-8-16(2)19(13-15)23-11-9-22(10-12-23)14-20(25)21-17-5-3-4-6-18(17)24(26)27/h3-8,13H,9-12,14H2,1-2H3,(H,21,25). The van der Waals surface area contributed by atoms with Gasteiger partial charge in [0.1, 0.15) is 5.69 Å². The van der Waals surface area contributed by atoms with Crippen LogP contribution in [0.1, 0.15) is 11.1 Å². The molecule has 2 aromatic carbocycles. The molecule has 3 rings (SSSR count). The van der Waals surface area contributed by atoms with Crippen molar-refractivity contribution in [1.82, 2.24) is 4.90 Å². The van der Waals surface area contributed by atoms with Crippen molar-refractivity contribution in [2.24, 2.45) is 0 Å². The number of carbonyl (C=O) groups excluding carboxylic acids is 1. The zero-order valence-corrected chi connectivity index (χ0v) is 15.6. The lowest BCUT2D eigenvalue weighted by Gasteiger charge is -2.36. The lowest BCUT2D eigenvalue weighted by molar-refractivity contribution is -0.383. The van der Waals surface area contributed by atoms with E-state index in [2.05, 4.69) is 47.2 Å². The summed E-state index contributed by atoms with van der Waals surface area (Å²) in [5.41, 5.74) is 3.89. The Labute approximate surface area is 158 Å². The Morgan fingerprint density at radius 1 is 1.11 bits per heavy atom. The van der Waals surface area contributed by atoms with E-state index >= 15 is 0 Å². The van der Waals surface area contributed by atoms with Crippen molar-refractivity contribution >= 4 is 23.0 Å². The van der Waals surface area contributed by atoms with Gasteiger partial charge in [-0.25, -0.2) is 0 Å². The molecule has 7 heteroatoms. The van der Waals surface area contributed by atoms with Crippen LogP contribution >= 0.6 is 0 Å². The second kappa shape index (κ2) is 8.18. The number of nitro benzene ring substituents is 1. The molecule has 27 heavy (non-hydrogen) atoms. The fourth-order valence-electron chi connectivity index (χ4n) is 3.34. The zero-order valence-electron chi connectivity index (χ0n) is 15.6. The third-order valence-corrected chi connectivity index (χ3v) is 4.82. The van der Waals surface area contributed by atoms with Crippen LogP contribution in [0.15, 0.2) is 42.5 Å². The average Bonchev–Trinajstić information content (AvgIpc) is 2.64. The molecular weight excluding hydrogens is 344 g/mol. The van der Waals surface area contributed by atoms with Gasteiger partial charge >= 0.3 is 0 Å². The van der Waals surface area contributed by atoms with Gasteiger partial charge in [-0.05, 0) is 37.1 Å². The summed E-state index contributed by atoms with van der Waals surface area (Å²) in [6, 6.07) is 12.6. The van der Waals surface area contributed by atoms with Gasteiger partial charge in [0.2, 0.25) is 5.91 Å². The Bertz CT molecular complexity index is 845. The van der Waals surface area contributed by atoms with Crippen molar-refractivity contribution in [3.63, 3.8) is 0 Å². The first-order valence-electron chi connectivity index (χ1n) is 9.02. The fraction of sp³-hybridized carbons (Fsp3) is 0.350. The molecule has 0 aliphatic carbocycles. The molecular formula is C20H24N4O3. The summed E-state index contributed by atoms with van der Waals surface area (Å²) < 4.78 is 0. The smallest absolute Gasteiger partial charge is 0.292 e. The Hall–Kier alpha value is -2.93. The molecule has 1 aliphatic heterocycles. The first-order valence-corrected chi connectivity index (χ1v) is 9.02. The summed E-state index contributed by atoms with van der Waals surface area (Å²) in [5.74, 6) is -0.232. The first-order chi connectivity index (χ1) is 12.9. The maximum Gasteiger partial charge on any atom is 0.292 e. The molecule has 142 valence electrons. The Kier molecular flexibility index (Phi) is 5.71. The van der Waals surface area contributed by atoms with Crippen LogP contribution < -0.4 is 10.2 Å². The van der Waals surface area contributed by atoms with Crippen molar-refractivity contribution in [2.45, 2.75) is 13.8 Å². The topological polar surface area (TPSA) is 78.7 Å². The van der Waals surface area contributed by atoms with E-state index in [4.69, 9.17) is 0 Å². The number of rotatable bonds is 5. The van der Waals surface area contributed by atoms with Gasteiger partial charge in [-0.3, -0.25) is 19.8 Å². The molecule has 1 saturated heterocycles. The van der Waals surface area contributed by atoms with E-state index < -0.39 is 4.92 Å². The predicted octanol–water partition coefficient (Wildman–Crippen LogP) is 2.97. The van der Waals surface area contributed by atoms with Crippen LogP contribution in [0.25, 0.3) is 0 Å². The molecule has 2 aromatic rings. The Morgan fingerprint density at radius 3 is 2.52 bits per heavy atom. The highest BCUT2D eigenvalue weighted by Crippen LogP contribution is 2.24. The molecule has 1 aliphatic rings. The number of piperazine rings is 1. The minimum Gasteiger partial charge on any atom is -0.369 e. The molecule has 0 saturated carbocycles. The van der Waals surface area contributed by atoms with E-state index in [0.717, 1.165) is 26.2 Å². The van der Waals surface area contributed by atoms with Crippen molar-refractivity contribution < 1.29 is 9.72 Å². The maximum absolute atomic E-state index is 12.3. The van der Waals surface area contributed by atoms with Gasteiger partial charge in [-0.15, -0.1) is 0 Å². The molecule has 0 unspecified atom stereocenters. The third kappa shape index (κ3) is 4.62. The summed E-state index contributed by atoms with van der Waals surface area (Å²) in [6.07, 6.45) is 0. The number of nitro groups is 1. The maximum atomic E-state index is 12.3. The SMILES string of the molecule is Cc1ccc(C)c(N2CCN(CC(=O)Nc3ccccc3[N+](=O)[O-])CC2)c1. The molecule has 7 nitrogen and oxygen atoms in total. The molecule has 0 aromatic heterocycles. The van der Waals surface area contributed by atoms with Gasteiger partial charge in [0.25, 0.3) is 5.69 Å². The predicted molar refractivity (Wildman–Crippen MR) is 106 cm³/mol. The number of nitrogens with zero attached hydrogens (tertiary/aromatic N) is 3. The van der Waals surface area contributed by atoms with Gasteiger partial charge in [0, 0.05) is 37.9 Å². The lowest BCUT2D eigenvalue weighted by Crippen LogP contribution is -2.48. The van der Waals surface area contributed by atoms with Crippen LogP contribution in [0.2, 0.25) is 0 Å². The third-order valence-electron chi connectivity index (χ3n) is 4.82. The van der Waals surface area contributed by atoms with Crippen LogP contribution in [0.3, 0.4) is 0 Å². The molecule has 0 bridgehead atoms. The summed E-state index contributed by atoms with van der Waals surface area (Å²) in [6.45, 7) is 7.68. The van der Waals surface area contributed by atoms with Gasteiger partial charge < -0.3 is 10.2 Å². The van der Waals surface area contributed by atoms with E-state index in [1.54, 1.807) is 18.2 Å². The fourth-order valence-corrected chi connectivity index (χ4v) is 3.34. The van der Waals surface area contributed by atoms with E-state index in [1.165, 1.54) is 22.9 Å². The van der Waals surface area contributed by atoms with E-state index in [-0.39, 0.29) is 23.8 Å². The lowest BCUT2D eigenvalue weighted by atomic mass is 10.1. The number of hydrogen-bond donors (Lipinski definition) is 1. The highest BCUT2D eigenvalue weighted by molar-refractivity contribution is 5.94. The van der Waals surface area contributed by atoms with Crippen molar-refractivity contribution in [2.75, 3.05) is 42.9 Å². The summed E-state index contributed by atoms with van der Waals surface area (Å²) in [5, 5.41) is 13.7. The highest BCUT2D eigenvalue weighted by atomic mass is 16.6. The number of anilines is 2. The van der Waals surface area contributed by atoms with Crippen molar-refractivity contribution in [3.8, 4) is 0 Å². The number of carbonyl (C=O) groups is 1. The highest BCUT2D eigenvalue weighted by Gasteiger charge is 2.21. The largest absolute Gasteiger partial charge is 0.369 e. The second-order valence-electron chi connectivity index (χ2n) is 6.88. The van der Waals surface area contributed by atoms with E-state index in [9.17, 15) is 14.9 Å². The zero-order chi connectivity index (χ0) is 19.4. The summed E-state index contributed by atoms with van der Waals surface area (Å²) in [4.78, 5) is 27.3. The summed E-state index contributed by atoms with van der Waals surface area (Å²) >= 11 is 0. The first kappa shape index (κ1) is 18.8. The quantitative estimate of drug-likeness (QED) is 0.648. The van der Waals surface area contributed by atoms with E-state index in [0.29, 0.717) is 0 Å². The minimum absolute atomic E-state index is 0.0920. The van der Waals surface area contributed by atoms with Crippen molar-refractivity contribution in [3.05, 3.63) is 63.7 Å². The van der Waals surface area contributed by atoms with Crippen LogP contribution in [0.4, 0.5) is 17.1 Å². The van der Waals surface area contributed by atoms with Gasteiger partial charge in [0.15, 0.2) is 0 Å². The number of benzene rings is 2. The molecule has 0 atom stereocenters. The summed E-state index contributed by atoms with van der Waals surface area (Å²) in [7, 11) is 0. The molecule has 1 N–H and O–H groups in total. The van der Waals surface area contributed by atoms with Gasteiger partial charge in [-0.1, -0.05) is 24.3 Å². The number of nitrogens with one attached hydrogen (secondary N) is 1. The Balaban J connectivity index is 1.56. The average molecular weight is 368 g/mol. The number of aryl methyl sites for hydroxylation is 2. The van der Waals surface area contributed by atoms with Crippen LogP contribution in [-0.4, -0.2) is 48.5 Å². The van der Waals surface area contributed by atoms with Crippen molar-refractivity contribution in [1.29, 1.82) is 0 Å². The number of hydrogen-bond acceptors (Lipinski definition) is 5. The molecule has 0 spiro atoms. The molecule has 1 heterocycles. The monoisotopic (exact) mass is 368 g/mol. The van der Waals surface area contributed by atoms with E-state index in [1.807, 2.05) is 0 Å². The number of para-hydroxylation sites is 2. The van der Waals surface area contributed by atoms with Gasteiger partial charge in [-0.2, -0.15) is 0 Å². The second-order valence-corrected chi connectivity index (χ2v) is 6.88. The minimum atomic E-state index is -0.488.